The Labute approximate surface area is 110 Å². The van der Waals surface area contributed by atoms with Gasteiger partial charge in [0.2, 0.25) is 5.91 Å². The Kier molecular flexibility index (Phi) is 5.45. The monoisotopic (exact) mass is 254 g/mol. The summed E-state index contributed by atoms with van der Waals surface area (Å²) in [6, 6.07) is 0. The number of carbonyl (C=O) groups is 1. The number of carbonyl (C=O) groups excluding carboxylic acids is 1. The highest BCUT2D eigenvalue weighted by Crippen LogP contribution is 2.27. The van der Waals surface area contributed by atoms with Crippen LogP contribution >= 0.6 is 0 Å². The van der Waals surface area contributed by atoms with Crippen molar-refractivity contribution in [3.63, 3.8) is 0 Å². The third kappa shape index (κ3) is 4.58. The van der Waals surface area contributed by atoms with Gasteiger partial charge in [0.25, 0.3) is 0 Å². The van der Waals surface area contributed by atoms with Gasteiger partial charge in [0.05, 0.1) is 19.1 Å². The molecule has 0 spiro atoms. The number of morpholine rings is 1. The number of rotatable bonds is 4. The Morgan fingerprint density at radius 2 is 2.11 bits per heavy atom. The van der Waals surface area contributed by atoms with Crippen LogP contribution in [0.15, 0.2) is 0 Å². The molecular weight excluding hydrogens is 228 g/mol. The Balaban J connectivity index is 1.59. The lowest BCUT2D eigenvalue weighted by atomic mass is 9.83. The highest BCUT2D eigenvalue weighted by Gasteiger charge is 2.20. The molecule has 104 valence electrons. The van der Waals surface area contributed by atoms with Gasteiger partial charge < -0.3 is 15.4 Å². The quantitative estimate of drug-likeness (QED) is 0.795. The zero-order chi connectivity index (χ0) is 12.8. The molecule has 1 saturated carbocycles. The summed E-state index contributed by atoms with van der Waals surface area (Å²) in [4.78, 5) is 11.8. The fourth-order valence-corrected chi connectivity index (χ4v) is 2.82. The van der Waals surface area contributed by atoms with Gasteiger partial charge in [0, 0.05) is 19.6 Å². The summed E-state index contributed by atoms with van der Waals surface area (Å²) in [5, 5.41) is 6.31. The number of nitrogens with one attached hydrogen (secondary N) is 2. The van der Waals surface area contributed by atoms with Crippen molar-refractivity contribution in [2.75, 3.05) is 26.2 Å². The molecular formula is C14H26N2O2. The van der Waals surface area contributed by atoms with E-state index in [1.807, 2.05) is 0 Å². The summed E-state index contributed by atoms with van der Waals surface area (Å²) in [5.41, 5.74) is 0. The summed E-state index contributed by atoms with van der Waals surface area (Å²) in [5.74, 6) is 1.71. The van der Waals surface area contributed by atoms with Crippen molar-refractivity contribution < 1.29 is 9.53 Å². The van der Waals surface area contributed by atoms with Gasteiger partial charge in [-0.25, -0.2) is 0 Å². The van der Waals surface area contributed by atoms with E-state index in [0.29, 0.717) is 12.3 Å². The van der Waals surface area contributed by atoms with Gasteiger partial charge in [-0.05, 0) is 24.7 Å². The number of amides is 1. The van der Waals surface area contributed by atoms with Crippen LogP contribution in [-0.2, 0) is 9.53 Å². The Hall–Kier alpha value is -0.610. The average molecular weight is 254 g/mol. The normalized spacial score (nSPS) is 33.1. The van der Waals surface area contributed by atoms with E-state index in [1.54, 1.807) is 0 Å². The molecule has 2 rings (SSSR count). The highest BCUT2D eigenvalue weighted by atomic mass is 16.5. The van der Waals surface area contributed by atoms with Crippen LogP contribution in [0, 0.1) is 11.8 Å². The van der Waals surface area contributed by atoms with Gasteiger partial charge >= 0.3 is 0 Å². The molecule has 1 aliphatic heterocycles. The largest absolute Gasteiger partial charge is 0.375 e. The van der Waals surface area contributed by atoms with Gasteiger partial charge in [-0.15, -0.1) is 0 Å². The van der Waals surface area contributed by atoms with Gasteiger partial charge in [0.1, 0.15) is 0 Å². The summed E-state index contributed by atoms with van der Waals surface area (Å²) in [7, 11) is 0. The minimum atomic E-state index is 0.0603. The first-order valence-corrected chi connectivity index (χ1v) is 7.33. The zero-order valence-corrected chi connectivity index (χ0v) is 11.4. The van der Waals surface area contributed by atoms with Crippen LogP contribution in [0.5, 0.6) is 0 Å². The third-order valence-electron chi connectivity index (χ3n) is 4.14. The van der Waals surface area contributed by atoms with Crippen LogP contribution in [0.4, 0.5) is 0 Å². The first kappa shape index (κ1) is 13.8. The predicted octanol–water partition coefficient (Wildman–Crippen LogP) is 1.31. The molecule has 1 heterocycles. The summed E-state index contributed by atoms with van der Waals surface area (Å²) < 4.78 is 5.53. The molecule has 1 atom stereocenters. The van der Waals surface area contributed by atoms with Crippen molar-refractivity contribution in [2.45, 2.75) is 45.1 Å². The molecule has 4 nitrogen and oxygen atoms in total. The van der Waals surface area contributed by atoms with Gasteiger partial charge in [-0.2, -0.15) is 0 Å². The van der Waals surface area contributed by atoms with E-state index in [2.05, 4.69) is 17.6 Å². The van der Waals surface area contributed by atoms with E-state index < -0.39 is 0 Å². The average Bonchev–Trinajstić information content (AvgIpc) is 2.39. The maximum atomic E-state index is 11.8. The van der Waals surface area contributed by atoms with Crippen LogP contribution in [0.2, 0.25) is 0 Å². The minimum Gasteiger partial charge on any atom is -0.375 e. The van der Waals surface area contributed by atoms with Gasteiger partial charge in [-0.3, -0.25) is 4.79 Å². The molecule has 2 N–H and O–H groups in total. The second-order valence-electron chi connectivity index (χ2n) is 5.83. The highest BCUT2D eigenvalue weighted by molar-refractivity contribution is 5.76. The van der Waals surface area contributed by atoms with E-state index in [4.69, 9.17) is 4.74 Å². The smallest absolute Gasteiger partial charge is 0.222 e. The van der Waals surface area contributed by atoms with Crippen molar-refractivity contribution >= 4 is 5.91 Å². The molecule has 1 amide bonds. The standard InChI is InChI=1S/C14H26N2O2/c1-11-2-4-12(5-3-11)9-16-14(17)8-13-10-15-6-7-18-13/h11-13,15H,2-10H2,1H3,(H,16,17). The number of hydrogen-bond donors (Lipinski definition) is 2. The maximum Gasteiger partial charge on any atom is 0.222 e. The summed E-state index contributed by atoms with van der Waals surface area (Å²) >= 11 is 0. The molecule has 2 aliphatic rings. The van der Waals surface area contributed by atoms with E-state index in [0.717, 1.165) is 32.2 Å². The molecule has 1 aliphatic carbocycles. The molecule has 1 unspecified atom stereocenters. The molecule has 0 aromatic heterocycles. The fourth-order valence-electron chi connectivity index (χ4n) is 2.82. The Bertz CT molecular complexity index is 257. The fraction of sp³-hybridized carbons (Fsp3) is 0.929. The van der Waals surface area contributed by atoms with Crippen LogP contribution in [0.3, 0.4) is 0 Å². The Morgan fingerprint density at radius 3 is 2.78 bits per heavy atom. The molecule has 18 heavy (non-hydrogen) atoms. The second-order valence-corrected chi connectivity index (χ2v) is 5.83. The lowest BCUT2D eigenvalue weighted by molar-refractivity contribution is -0.124. The van der Waals surface area contributed by atoms with Gasteiger partial charge in [0.15, 0.2) is 0 Å². The van der Waals surface area contributed by atoms with Crippen molar-refractivity contribution in [3.8, 4) is 0 Å². The molecule has 0 aromatic rings. The molecule has 0 bridgehead atoms. The van der Waals surface area contributed by atoms with Crippen molar-refractivity contribution in [1.82, 2.24) is 10.6 Å². The van der Waals surface area contributed by atoms with E-state index in [-0.39, 0.29) is 12.0 Å². The lowest BCUT2D eigenvalue weighted by Crippen LogP contribution is -2.42. The first-order chi connectivity index (χ1) is 8.74. The Morgan fingerprint density at radius 1 is 1.33 bits per heavy atom. The third-order valence-corrected chi connectivity index (χ3v) is 4.14. The van der Waals surface area contributed by atoms with Crippen LogP contribution in [0.25, 0.3) is 0 Å². The van der Waals surface area contributed by atoms with Crippen molar-refractivity contribution in [2.24, 2.45) is 11.8 Å². The van der Waals surface area contributed by atoms with E-state index >= 15 is 0 Å². The molecule has 0 aromatic carbocycles. The number of hydrogen-bond acceptors (Lipinski definition) is 3. The molecule has 0 radical (unpaired) electrons. The van der Waals surface area contributed by atoms with Crippen LogP contribution in [0.1, 0.15) is 39.0 Å². The van der Waals surface area contributed by atoms with Crippen molar-refractivity contribution in [1.29, 1.82) is 0 Å². The lowest BCUT2D eigenvalue weighted by Gasteiger charge is -2.27. The topological polar surface area (TPSA) is 50.4 Å². The predicted molar refractivity (Wildman–Crippen MR) is 71.4 cm³/mol. The summed E-state index contributed by atoms with van der Waals surface area (Å²) in [6.45, 7) is 5.60. The SMILES string of the molecule is CC1CCC(CNC(=O)CC2CNCCO2)CC1. The van der Waals surface area contributed by atoms with Crippen molar-refractivity contribution in [3.05, 3.63) is 0 Å². The second kappa shape index (κ2) is 7.10. The van der Waals surface area contributed by atoms with Crippen LogP contribution < -0.4 is 10.6 Å². The summed E-state index contributed by atoms with van der Waals surface area (Å²) in [6.07, 6.45) is 5.72. The number of ether oxygens (including phenoxy) is 1. The zero-order valence-electron chi connectivity index (χ0n) is 11.4. The maximum absolute atomic E-state index is 11.8. The molecule has 1 saturated heterocycles. The van der Waals surface area contributed by atoms with Crippen LogP contribution in [-0.4, -0.2) is 38.3 Å². The van der Waals surface area contributed by atoms with E-state index in [1.165, 1.54) is 25.7 Å². The molecule has 2 fully saturated rings. The van der Waals surface area contributed by atoms with E-state index in [9.17, 15) is 4.79 Å². The minimum absolute atomic E-state index is 0.0603. The molecule has 4 heteroatoms. The van der Waals surface area contributed by atoms with Gasteiger partial charge in [-0.1, -0.05) is 19.8 Å². The first-order valence-electron chi connectivity index (χ1n) is 7.33.